The Labute approximate surface area is 117 Å². The van der Waals surface area contributed by atoms with Crippen LogP contribution in [0.15, 0.2) is 0 Å². The molecule has 1 N–H and O–H groups in total. The van der Waals surface area contributed by atoms with Gasteiger partial charge in [0.15, 0.2) is 0 Å². The Hall–Kier alpha value is -1.04. The van der Waals surface area contributed by atoms with Gasteiger partial charge in [-0.05, 0) is 24.2 Å². The highest BCUT2D eigenvalue weighted by Crippen LogP contribution is 2.35. The number of carbonyl (C=O) groups excluding carboxylic acids is 1. The van der Waals surface area contributed by atoms with Gasteiger partial charge in [-0.25, -0.2) is 0 Å². The molecule has 0 aliphatic heterocycles. The molecule has 1 fully saturated rings. The number of hydrogen-bond acceptors (Lipinski definition) is 2. The molecule has 0 aromatic carbocycles. The number of nitriles is 1. The first-order chi connectivity index (χ1) is 8.82. The lowest BCUT2D eigenvalue weighted by molar-refractivity contribution is -0.129. The van der Waals surface area contributed by atoms with Gasteiger partial charge in [-0.2, -0.15) is 5.26 Å². The van der Waals surface area contributed by atoms with Crippen molar-refractivity contribution in [2.24, 2.45) is 16.7 Å². The molecule has 1 unspecified atom stereocenters. The van der Waals surface area contributed by atoms with Crippen LogP contribution in [0.25, 0.3) is 0 Å². The van der Waals surface area contributed by atoms with Crippen molar-refractivity contribution in [1.29, 1.82) is 5.26 Å². The number of nitrogens with one attached hydrogen (secondary N) is 1. The molecular weight excluding hydrogens is 236 g/mol. The molecule has 0 radical (unpaired) electrons. The number of nitrogens with zero attached hydrogens (tertiary/aromatic N) is 1. The van der Waals surface area contributed by atoms with Gasteiger partial charge in [-0.1, -0.05) is 53.4 Å². The topological polar surface area (TPSA) is 52.9 Å². The fourth-order valence-electron chi connectivity index (χ4n) is 2.44. The van der Waals surface area contributed by atoms with Crippen molar-refractivity contribution in [1.82, 2.24) is 5.32 Å². The van der Waals surface area contributed by atoms with Crippen LogP contribution in [0.1, 0.15) is 66.2 Å². The Kier molecular flexibility index (Phi) is 5.40. The minimum absolute atomic E-state index is 0.0481. The second-order valence-electron chi connectivity index (χ2n) is 7.09. The monoisotopic (exact) mass is 264 g/mol. The number of amides is 1. The summed E-state index contributed by atoms with van der Waals surface area (Å²) in [6, 6.07) is 2.31. The van der Waals surface area contributed by atoms with E-state index in [1.807, 2.05) is 0 Å². The molecule has 0 saturated heterocycles. The van der Waals surface area contributed by atoms with E-state index in [0.717, 1.165) is 38.5 Å². The molecule has 0 aromatic rings. The minimum Gasteiger partial charge on any atom is -0.354 e. The molecule has 1 atom stereocenters. The molecule has 3 nitrogen and oxygen atoms in total. The van der Waals surface area contributed by atoms with Crippen LogP contribution in [0.5, 0.6) is 0 Å². The van der Waals surface area contributed by atoms with Crippen LogP contribution in [0.3, 0.4) is 0 Å². The first kappa shape index (κ1) is 16.0. The molecule has 0 spiro atoms. The summed E-state index contributed by atoms with van der Waals surface area (Å²) < 4.78 is 0. The molecule has 1 amide bonds. The maximum Gasteiger partial charge on any atom is 0.240 e. The van der Waals surface area contributed by atoms with Gasteiger partial charge in [0.25, 0.3) is 0 Å². The Bertz CT molecular complexity index is 341. The minimum atomic E-state index is -0.770. The highest BCUT2D eigenvalue weighted by Gasteiger charge is 2.39. The molecule has 3 heteroatoms. The van der Waals surface area contributed by atoms with E-state index in [1.165, 1.54) is 0 Å². The lowest BCUT2D eigenvalue weighted by atomic mass is 9.79. The second kappa shape index (κ2) is 6.41. The smallest absolute Gasteiger partial charge is 0.240 e. The maximum atomic E-state index is 12.4. The molecule has 1 aliphatic carbocycles. The molecule has 1 rings (SSSR count). The summed E-state index contributed by atoms with van der Waals surface area (Å²) in [6.45, 7) is 9.33. The van der Waals surface area contributed by atoms with Crippen molar-refractivity contribution in [2.75, 3.05) is 6.54 Å². The van der Waals surface area contributed by atoms with Crippen molar-refractivity contribution >= 4 is 5.91 Å². The van der Waals surface area contributed by atoms with Gasteiger partial charge in [-0.3, -0.25) is 4.79 Å². The Morgan fingerprint density at radius 3 is 2.21 bits per heavy atom. The van der Waals surface area contributed by atoms with Crippen LogP contribution in [-0.4, -0.2) is 12.5 Å². The lowest BCUT2D eigenvalue weighted by Gasteiger charge is -2.30. The lowest BCUT2D eigenvalue weighted by Crippen LogP contribution is -2.43. The summed E-state index contributed by atoms with van der Waals surface area (Å²) in [6.07, 6.45) is 5.73. The van der Waals surface area contributed by atoms with Gasteiger partial charge in [0.05, 0.1) is 6.07 Å². The van der Waals surface area contributed by atoms with E-state index < -0.39 is 5.41 Å². The van der Waals surface area contributed by atoms with Crippen LogP contribution < -0.4 is 5.32 Å². The largest absolute Gasteiger partial charge is 0.354 e. The first-order valence-corrected chi connectivity index (χ1v) is 7.51. The summed E-state index contributed by atoms with van der Waals surface area (Å²) in [5, 5.41) is 12.5. The van der Waals surface area contributed by atoms with Gasteiger partial charge >= 0.3 is 0 Å². The quantitative estimate of drug-likeness (QED) is 0.791. The number of hydrogen-bond donors (Lipinski definition) is 1. The van der Waals surface area contributed by atoms with Crippen molar-refractivity contribution in [3.63, 3.8) is 0 Å². The zero-order valence-corrected chi connectivity index (χ0v) is 12.9. The fourth-order valence-corrected chi connectivity index (χ4v) is 2.44. The van der Waals surface area contributed by atoms with E-state index in [0.29, 0.717) is 12.5 Å². The zero-order chi connectivity index (χ0) is 14.5. The third-order valence-corrected chi connectivity index (χ3v) is 4.65. The van der Waals surface area contributed by atoms with Crippen LogP contribution in [0.2, 0.25) is 0 Å². The molecule has 108 valence electrons. The predicted molar refractivity (Wildman–Crippen MR) is 77.4 cm³/mol. The maximum absolute atomic E-state index is 12.4. The molecule has 0 bridgehead atoms. The SMILES string of the molecule is CC(CNC(=O)C1(C#N)CCCCCC1)C(C)(C)C. The predicted octanol–water partition coefficient (Wildman–Crippen LogP) is 3.65. The highest BCUT2D eigenvalue weighted by molar-refractivity contribution is 5.85. The summed E-state index contributed by atoms with van der Waals surface area (Å²) >= 11 is 0. The van der Waals surface area contributed by atoms with Crippen molar-refractivity contribution in [2.45, 2.75) is 66.2 Å². The molecule has 0 aromatic heterocycles. The summed E-state index contributed by atoms with van der Waals surface area (Å²) in [5.74, 6) is 0.353. The molecule has 0 heterocycles. The van der Waals surface area contributed by atoms with E-state index in [1.54, 1.807) is 0 Å². The number of rotatable bonds is 3. The van der Waals surface area contributed by atoms with Crippen molar-refractivity contribution in [3.05, 3.63) is 0 Å². The van der Waals surface area contributed by atoms with E-state index >= 15 is 0 Å². The average Bonchev–Trinajstić information content (AvgIpc) is 2.60. The molecule has 1 aliphatic rings. The van der Waals surface area contributed by atoms with Gasteiger partial charge in [0.1, 0.15) is 5.41 Å². The van der Waals surface area contributed by atoms with Gasteiger partial charge in [-0.15, -0.1) is 0 Å². The number of carbonyl (C=O) groups is 1. The molecular formula is C16H28N2O. The summed E-state index contributed by atoms with van der Waals surface area (Å²) in [4.78, 5) is 12.4. The molecule has 19 heavy (non-hydrogen) atoms. The third-order valence-electron chi connectivity index (χ3n) is 4.65. The van der Waals surface area contributed by atoms with E-state index in [2.05, 4.69) is 39.1 Å². The van der Waals surface area contributed by atoms with Crippen molar-refractivity contribution < 1.29 is 4.79 Å². The van der Waals surface area contributed by atoms with Crippen molar-refractivity contribution in [3.8, 4) is 6.07 Å². The van der Waals surface area contributed by atoms with E-state index in [-0.39, 0.29) is 11.3 Å². The Balaban J connectivity index is 2.62. The van der Waals surface area contributed by atoms with Gasteiger partial charge in [0, 0.05) is 6.54 Å². The van der Waals surface area contributed by atoms with Crippen LogP contribution in [-0.2, 0) is 4.79 Å². The highest BCUT2D eigenvalue weighted by atomic mass is 16.2. The van der Waals surface area contributed by atoms with E-state index in [4.69, 9.17) is 0 Å². The summed E-state index contributed by atoms with van der Waals surface area (Å²) in [5.41, 5.74) is -0.593. The molecule has 1 saturated carbocycles. The van der Waals surface area contributed by atoms with E-state index in [9.17, 15) is 10.1 Å². The van der Waals surface area contributed by atoms with Crippen LogP contribution in [0.4, 0.5) is 0 Å². The second-order valence-corrected chi connectivity index (χ2v) is 7.09. The summed E-state index contributed by atoms with van der Waals surface area (Å²) in [7, 11) is 0. The van der Waals surface area contributed by atoms with Gasteiger partial charge < -0.3 is 5.32 Å². The fraction of sp³-hybridized carbons (Fsp3) is 0.875. The van der Waals surface area contributed by atoms with Crippen LogP contribution in [0, 0.1) is 28.1 Å². The Morgan fingerprint density at radius 2 is 1.79 bits per heavy atom. The average molecular weight is 264 g/mol. The first-order valence-electron chi connectivity index (χ1n) is 7.51. The standard InChI is InChI=1S/C16H28N2O/c1-13(15(2,3)4)11-18-14(19)16(12-17)9-7-5-6-8-10-16/h13H,5-11H2,1-4H3,(H,18,19). The van der Waals surface area contributed by atoms with Gasteiger partial charge in [0.2, 0.25) is 5.91 Å². The Morgan fingerprint density at radius 1 is 1.26 bits per heavy atom. The third kappa shape index (κ3) is 4.23. The normalized spacial score (nSPS) is 21.0. The zero-order valence-electron chi connectivity index (χ0n) is 12.9. The van der Waals surface area contributed by atoms with Crippen LogP contribution >= 0.6 is 0 Å².